The van der Waals surface area contributed by atoms with Gasteiger partial charge in [0.1, 0.15) is 5.25 Å². The molecule has 0 aromatic carbocycles. The Labute approximate surface area is 82.0 Å². The van der Waals surface area contributed by atoms with Crippen LogP contribution in [0.4, 0.5) is 0 Å². The number of rotatable bonds is 5. The number of hydrogen-bond donors (Lipinski definition) is 1. The van der Waals surface area contributed by atoms with Crippen molar-refractivity contribution >= 4 is 16.8 Å². The molecule has 0 radical (unpaired) electrons. The number of carbonyl (C=O) groups is 1. The standard InChI is InChI=1S/C9H18O3S/c1-5-7(4)13(12)8(6(2)3)9(10)11/h6-8H,5H2,1-4H3,(H,10,11). The Morgan fingerprint density at radius 3 is 2.08 bits per heavy atom. The van der Waals surface area contributed by atoms with Crippen molar-refractivity contribution in [3.8, 4) is 0 Å². The Morgan fingerprint density at radius 2 is 1.85 bits per heavy atom. The van der Waals surface area contributed by atoms with Crippen molar-refractivity contribution in [3.63, 3.8) is 0 Å². The molecule has 3 unspecified atom stereocenters. The summed E-state index contributed by atoms with van der Waals surface area (Å²) in [6.45, 7) is 7.33. The van der Waals surface area contributed by atoms with Crippen molar-refractivity contribution in [2.24, 2.45) is 5.92 Å². The Balaban J connectivity index is 4.56. The number of hydrogen-bond acceptors (Lipinski definition) is 2. The lowest BCUT2D eigenvalue weighted by molar-refractivity contribution is -0.137. The lowest BCUT2D eigenvalue weighted by Gasteiger charge is -2.19. The minimum Gasteiger partial charge on any atom is -0.480 e. The van der Waals surface area contributed by atoms with E-state index >= 15 is 0 Å². The number of carboxylic acid groups (broad SMARTS) is 1. The third-order valence-corrected chi connectivity index (χ3v) is 4.44. The van der Waals surface area contributed by atoms with E-state index in [1.807, 2.05) is 13.8 Å². The summed E-state index contributed by atoms with van der Waals surface area (Å²) >= 11 is 0. The smallest absolute Gasteiger partial charge is 0.319 e. The highest BCUT2D eigenvalue weighted by Crippen LogP contribution is 2.15. The zero-order valence-electron chi connectivity index (χ0n) is 8.61. The summed E-state index contributed by atoms with van der Waals surface area (Å²) in [5.41, 5.74) is 0. The summed E-state index contributed by atoms with van der Waals surface area (Å²) < 4.78 is 11.7. The van der Waals surface area contributed by atoms with E-state index in [0.717, 1.165) is 6.42 Å². The fourth-order valence-corrected chi connectivity index (χ4v) is 2.63. The highest BCUT2D eigenvalue weighted by molar-refractivity contribution is 7.87. The Bertz CT molecular complexity index is 201. The maximum atomic E-state index is 11.7. The summed E-state index contributed by atoms with van der Waals surface area (Å²) in [5.74, 6) is -1.03. The quantitative estimate of drug-likeness (QED) is 0.744. The Kier molecular flexibility index (Phi) is 5.21. The molecular formula is C9H18O3S. The van der Waals surface area contributed by atoms with Crippen molar-refractivity contribution in [2.75, 3.05) is 0 Å². The van der Waals surface area contributed by atoms with Gasteiger partial charge in [0.05, 0.1) is 0 Å². The largest absolute Gasteiger partial charge is 0.480 e. The van der Waals surface area contributed by atoms with E-state index in [2.05, 4.69) is 0 Å². The van der Waals surface area contributed by atoms with Crippen molar-refractivity contribution in [1.82, 2.24) is 0 Å². The van der Waals surface area contributed by atoms with Crippen LogP contribution in [0.3, 0.4) is 0 Å². The minimum atomic E-state index is -1.26. The first-order chi connectivity index (χ1) is 5.91. The van der Waals surface area contributed by atoms with Crippen molar-refractivity contribution in [1.29, 1.82) is 0 Å². The molecule has 0 spiro atoms. The molecule has 0 saturated heterocycles. The summed E-state index contributed by atoms with van der Waals surface area (Å²) in [6, 6.07) is 0. The van der Waals surface area contributed by atoms with Crippen LogP contribution in [-0.4, -0.2) is 25.8 Å². The lowest BCUT2D eigenvalue weighted by Crippen LogP contribution is -2.35. The van der Waals surface area contributed by atoms with Crippen LogP contribution in [0.2, 0.25) is 0 Å². The van der Waals surface area contributed by atoms with E-state index in [9.17, 15) is 9.00 Å². The molecule has 4 heteroatoms. The predicted octanol–water partition coefficient (Wildman–Crippen LogP) is 1.64. The zero-order chi connectivity index (χ0) is 10.6. The second-order valence-electron chi connectivity index (χ2n) is 3.55. The SMILES string of the molecule is CCC(C)S(=O)C(C(=O)O)C(C)C. The summed E-state index contributed by atoms with van der Waals surface area (Å²) in [5, 5.41) is 8.10. The first kappa shape index (κ1) is 12.6. The Hall–Kier alpha value is -0.380. The molecule has 0 rings (SSSR count). The molecule has 0 aliphatic carbocycles. The van der Waals surface area contributed by atoms with Crippen LogP contribution in [0.15, 0.2) is 0 Å². The molecule has 0 heterocycles. The third-order valence-electron chi connectivity index (χ3n) is 2.07. The summed E-state index contributed by atoms with van der Waals surface area (Å²) in [6.07, 6.45) is 0.753. The highest BCUT2D eigenvalue weighted by Gasteiger charge is 2.30. The van der Waals surface area contributed by atoms with E-state index in [1.54, 1.807) is 13.8 Å². The predicted molar refractivity (Wildman–Crippen MR) is 54.2 cm³/mol. The van der Waals surface area contributed by atoms with Crippen LogP contribution in [0.1, 0.15) is 34.1 Å². The van der Waals surface area contributed by atoms with Gasteiger partial charge in [-0.05, 0) is 12.3 Å². The zero-order valence-corrected chi connectivity index (χ0v) is 9.43. The first-order valence-corrected chi connectivity index (χ1v) is 5.81. The molecule has 0 aromatic rings. The van der Waals surface area contributed by atoms with Gasteiger partial charge in [-0.15, -0.1) is 0 Å². The van der Waals surface area contributed by atoms with Gasteiger partial charge in [-0.3, -0.25) is 9.00 Å². The van der Waals surface area contributed by atoms with Crippen LogP contribution >= 0.6 is 0 Å². The number of aliphatic carboxylic acids is 1. The second kappa shape index (κ2) is 5.37. The topological polar surface area (TPSA) is 54.4 Å². The van der Waals surface area contributed by atoms with Crippen LogP contribution in [0, 0.1) is 5.92 Å². The van der Waals surface area contributed by atoms with E-state index in [1.165, 1.54) is 0 Å². The van der Waals surface area contributed by atoms with Gasteiger partial charge in [0.25, 0.3) is 0 Å². The third kappa shape index (κ3) is 3.46. The van der Waals surface area contributed by atoms with Gasteiger partial charge in [-0.25, -0.2) is 0 Å². The monoisotopic (exact) mass is 206 g/mol. The fourth-order valence-electron chi connectivity index (χ4n) is 1.07. The summed E-state index contributed by atoms with van der Waals surface area (Å²) in [7, 11) is -1.26. The van der Waals surface area contributed by atoms with Crippen molar-refractivity contribution < 1.29 is 14.1 Å². The molecule has 0 saturated carbocycles. The Morgan fingerprint density at radius 1 is 1.38 bits per heavy atom. The first-order valence-electron chi connectivity index (χ1n) is 4.54. The van der Waals surface area contributed by atoms with Crippen LogP contribution in [0.5, 0.6) is 0 Å². The molecule has 0 bridgehead atoms. The van der Waals surface area contributed by atoms with E-state index in [4.69, 9.17) is 5.11 Å². The van der Waals surface area contributed by atoms with Gasteiger partial charge in [0.2, 0.25) is 0 Å². The normalized spacial score (nSPS) is 18.2. The lowest BCUT2D eigenvalue weighted by atomic mass is 10.1. The molecular weight excluding hydrogens is 188 g/mol. The van der Waals surface area contributed by atoms with Gasteiger partial charge in [-0.1, -0.05) is 27.7 Å². The van der Waals surface area contributed by atoms with Gasteiger partial charge in [-0.2, -0.15) is 0 Å². The van der Waals surface area contributed by atoms with Gasteiger partial charge < -0.3 is 5.11 Å². The molecule has 3 nitrogen and oxygen atoms in total. The number of carboxylic acids is 1. The van der Waals surface area contributed by atoms with E-state index in [-0.39, 0.29) is 11.2 Å². The molecule has 3 atom stereocenters. The van der Waals surface area contributed by atoms with Crippen LogP contribution < -0.4 is 0 Å². The maximum absolute atomic E-state index is 11.7. The molecule has 0 aliphatic rings. The molecule has 0 fully saturated rings. The molecule has 1 N–H and O–H groups in total. The van der Waals surface area contributed by atoms with Gasteiger partial charge in [0.15, 0.2) is 0 Å². The molecule has 13 heavy (non-hydrogen) atoms. The molecule has 78 valence electrons. The van der Waals surface area contributed by atoms with Crippen LogP contribution in [0.25, 0.3) is 0 Å². The highest BCUT2D eigenvalue weighted by atomic mass is 32.2. The average molecular weight is 206 g/mol. The van der Waals surface area contributed by atoms with Gasteiger partial charge in [0, 0.05) is 16.0 Å². The fraction of sp³-hybridized carbons (Fsp3) is 0.889. The maximum Gasteiger partial charge on any atom is 0.319 e. The van der Waals surface area contributed by atoms with Crippen molar-refractivity contribution in [2.45, 2.75) is 44.6 Å². The van der Waals surface area contributed by atoms with Crippen LogP contribution in [-0.2, 0) is 15.6 Å². The van der Waals surface area contributed by atoms with Crippen molar-refractivity contribution in [3.05, 3.63) is 0 Å². The second-order valence-corrected chi connectivity index (χ2v) is 5.52. The summed E-state index contributed by atoms with van der Waals surface area (Å²) in [4.78, 5) is 10.8. The van der Waals surface area contributed by atoms with E-state index in [0.29, 0.717) is 0 Å². The molecule has 0 aliphatic heterocycles. The molecule has 0 aromatic heterocycles. The van der Waals surface area contributed by atoms with E-state index < -0.39 is 22.0 Å². The van der Waals surface area contributed by atoms with Gasteiger partial charge >= 0.3 is 5.97 Å². The average Bonchev–Trinajstić information content (AvgIpc) is 2.01. The molecule has 0 amide bonds. The minimum absolute atomic E-state index is 0.0384.